The Kier molecular flexibility index (Phi) is 4.44. The Morgan fingerprint density at radius 2 is 2.05 bits per heavy atom. The van der Waals surface area contributed by atoms with Crippen LogP contribution in [0.15, 0.2) is 35.3 Å². The van der Waals surface area contributed by atoms with Crippen LogP contribution in [-0.2, 0) is 6.54 Å². The molecule has 4 heteroatoms. The third-order valence-corrected chi connectivity index (χ3v) is 4.70. The number of benzene rings is 1. The fourth-order valence-electron chi connectivity index (χ4n) is 3.28. The zero-order valence-electron chi connectivity index (χ0n) is 13.1. The van der Waals surface area contributed by atoms with Crippen molar-refractivity contribution in [1.29, 1.82) is 0 Å². The normalized spacial score (nSPS) is 26.8. The van der Waals surface area contributed by atoms with Crippen molar-refractivity contribution in [2.75, 3.05) is 26.7 Å². The van der Waals surface area contributed by atoms with E-state index in [4.69, 9.17) is 0 Å². The second-order valence-corrected chi connectivity index (χ2v) is 6.22. The minimum absolute atomic E-state index is 0.507. The summed E-state index contributed by atoms with van der Waals surface area (Å²) in [4.78, 5) is 9.44. The van der Waals surface area contributed by atoms with Gasteiger partial charge in [0.1, 0.15) is 0 Å². The third-order valence-electron chi connectivity index (χ3n) is 4.70. The number of nitrogens with zero attached hydrogens (tertiary/aromatic N) is 3. The minimum atomic E-state index is 0.507. The van der Waals surface area contributed by atoms with Crippen molar-refractivity contribution < 1.29 is 0 Å². The molecular formula is C17H26N4. The maximum Gasteiger partial charge on any atom is 0.193 e. The van der Waals surface area contributed by atoms with Crippen molar-refractivity contribution in [2.45, 2.75) is 38.4 Å². The van der Waals surface area contributed by atoms with Gasteiger partial charge in [0, 0.05) is 45.3 Å². The van der Waals surface area contributed by atoms with Crippen LogP contribution in [0.1, 0.15) is 25.3 Å². The Morgan fingerprint density at radius 3 is 2.81 bits per heavy atom. The maximum absolute atomic E-state index is 4.63. The van der Waals surface area contributed by atoms with Crippen LogP contribution in [0.5, 0.6) is 0 Å². The van der Waals surface area contributed by atoms with Crippen molar-refractivity contribution in [2.24, 2.45) is 4.99 Å². The van der Waals surface area contributed by atoms with Gasteiger partial charge in [0.05, 0.1) is 0 Å². The van der Waals surface area contributed by atoms with Crippen LogP contribution in [0.4, 0.5) is 0 Å². The lowest BCUT2D eigenvalue weighted by molar-refractivity contribution is 0.245. The topological polar surface area (TPSA) is 30.9 Å². The molecule has 1 saturated heterocycles. The van der Waals surface area contributed by atoms with Gasteiger partial charge < -0.3 is 10.2 Å². The molecule has 2 aliphatic rings. The first-order chi connectivity index (χ1) is 10.2. The molecule has 4 nitrogen and oxygen atoms in total. The Morgan fingerprint density at radius 1 is 1.24 bits per heavy atom. The predicted octanol–water partition coefficient (Wildman–Crippen LogP) is 1.93. The molecule has 0 bridgehead atoms. The Balaban J connectivity index is 1.58. The predicted molar refractivity (Wildman–Crippen MR) is 87.4 cm³/mol. The molecule has 2 atom stereocenters. The van der Waals surface area contributed by atoms with Gasteiger partial charge in [-0.05, 0) is 25.3 Å². The zero-order valence-corrected chi connectivity index (χ0v) is 13.1. The van der Waals surface area contributed by atoms with E-state index >= 15 is 0 Å². The molecule has 114 valence electrons. The van der Waals surface area contributed by atoms with E-state index in [2.05, 4.69) is 64.4 Å². The molecule has 0 amide bonds. The highest BCUT2D eigenvalue weighted by Crippen LogP contribution is 2.20. The van der Waals surface area contributed by atoms with Crippen LogP contribution in [0.2, 0.25) is 0 Å². The van der Waals surface area contributed by atoms with E-state index in [-0.39, 0.29) is 0 Å². The number of rotatable bonds is 3. The van der Waals surface area contributed by atoms with Crippen LogP contribution < -0.4 is 5.32 Å². The van der Waals surface area contributed by atoms with Crippen LogP contribution in [0.3, 0.4) is 0 Å². The Hall–Kier alpha value is -1.55. The summed E-state index contributed by atoms with van der Waals surface area (Å²) in [6, 6.07) is 11.8. The molecule has 2 heterocycles. The average molecular weight is 286 g/mol. The summed E-state index contributed by atoms with van der Waals surface area (Å²) in [5.41, 5.74) is 1.40. The van der Waals surface area contributed by atoms with Gasteiger partial charge >= 0.3 is 0 Å². The summed E-state index contributed by atoms with van der Waals surface area (Å²) >= 11 is 0. The molecule has 3 rings (SSSR count). The van der Waals surface area contributed by atoms with Gasteiger partial charge in [-0.15, -0.1) is 0 Å². The summed E-state index contributed by atoms with van der Waals surface area (Å²) in [6.45, 7) is 6.60. The van der Waals surface area contributed by atoms with E-state index in [1.165, 1.54) is 18.4 Å². The summed E-state index contributed by atoms with van der Waals surface area (Å²) in [5.74, 6) is 1.08. The van der Waals surface area contributed by atoms with Gasteiger partial charge in [-0.3, -0.25) is 9.89 Å². The molecule has 0 aliphatic carbocycles. The lowest BCUT2D eigenvalue weighted by atomic mass is 10.1. The molecule has 1 aromatic carbocycles. The van der Waals surface area contributed by atoms with E-state index in [0.717, 1.165) is 32.1 Å². The average Bonchev–Trinajstić information content (AvgIpc) is 2.84. The van der Waals surface area contributed by atoms with Gasteiger partial charge in [0.15, 0.2) is 5.96 Å². The summed E-state index contributed by atoms with van der Waals surface area (Å²) in [6.07, 6.45) is 2.36. The third kappa shape index (κ3) is 3.38. The summed E-state index contributed by atoms with van der Waals surface area (Å²) in [5, 5.41) is 3.67. The largest absolute Gasteiger partial charge is 0.352 e. The smallest absolute Gasteiger partial charge is 0.193 e. The van der Waals surface area contributed by atoms with Crippen LogP contribution >= 0.6 is 0 Å². The summed E-state index contributed by atoms with van der Waals surface area (Å²) in [7, 11) is 2.13. The van der Waals surface area contributed by atoms with Gasteiger partial charge in [0.25, 0.3) is 0 Å². The Labute approximate surface area is 127 Å². The second kappa shape index (κ2) is 6.48. The van der Waals surface area contributed by atoms with E-state index in [9.17, 15) is 0 Å². The molecule has 0 saturated carbocycles. The molecule has 0 radical (unpaired) electrons. The van der Waals surface area contributed by atoms with Crippen LogP contribution in [0, 0.1) is 0 Å². The fraction of sp³-hybridized carbons (Fsp3) is 0.588. The Bertz CT molecular complexity index is 485. The number of likely N-dealkylation sites (tertiary alicyclic amines) is 1. The molecule has 21 heavy (non-hydrogen) atoms. The van der Waals surface area contributed by atoms with E-state index in [0.29, 0.717) is 12.1 Å². The number of hydrogen-bond donors (Lipinski definition) is 1. The van der Waals surface area contributed by atoms with Gasteiger partial charge in [0.2, 0.25) is 0 Å². The van der Waals surface area contributed by atoms with Gasteiger partial charge in [-0.1, -0.05) is 30.3 Å². The van der Waals surface area contributed by atoms with Crippen molar-refractivity contribution in [3.05, 3.63) is 35.9 Å². The van der Waals surface area contributed by atoms with Gasteiger partial charge in [-0.25, -0.2) is 0 Å². The molecule has 0 spiro atoms. The highest BCUT2D eigenvalue weighted by Gasteiger charge is 2.31. The molecule has 2 unspecified atom stereocenters. The standard InChI is InChI=1S/C17H26N4/c1-14-16(19-17-18-10-6-11-20(17)2)9-12-21(14)13-15-7-4-3-5-8-15/h3-5,7-8,14,16H,6,9-13H2,1-2H3,(H,18,19). The fourth-order valence-corrected chi connectivity index (χ4v) is 3.28. The van der Waals surface area contributed by atoms with Gasteiger partial charge in [-0.2, -0.15) is 0 Å². The quantitative estimate of drug-likeness (QED) is 0.921. The van der Waals surface area contributed by atoms with Crippen molar-refractivity contribution in [1.82, 2.24) is 15.1 Å². The lowest BCUT2D eigenvalue weighted by Gasteiger charge is -2.31. The highest BCUT2D eigenvalue weighted by atomic mass is 15.3. The molecule has 2 aliphatic heterocycles. The number of hydrogen-bond acceptors (Lipinski definition) is 4. The maximum atomic E-state index is 4.63. The SMILES string of the molecule is CC1C(NC2=NCCCN2C)CCN1Cc1ccccc1. The first-order valence-corrected chi connectivity index (χ1v) is 8.04. The van der Waals surface area contributed by atoms with E-state index < -0.39 is 0 Å². The highest BCUT2D eigenvalue weighted by molar-refractivity contribution is 5.80. The first kappa shape index (κ1) is 14.4. The number of guanidine groups is 1. The molecule has 1 aromatic rings. The molecule has 1 fully saturated rings. The molecule has 0 aromatic heterocycles. The minimum Gasteiger partial charge on any atom is -0.352 e. The molecule has 1 N–H and O–H groups in total. The number of nitrogens with one attached hydrogen (secondary N) is 1. The van der Waals surface area contributed by atoms with Crippen LogP contribution in [0.25, 0.3) is 0 Å². The first-order valence-electron chi connectivity index (χ1n) is 8.04. The van der Waals surface area contributed by atoms with Crippen molar-refractivity contribution >= 4 is 5.96 Å². The number of aliphatic imine (C=N–C) groups is 1. The monoisotopic (exact) mass is 286 g/mol. The molecular weight excluding hydrogens is 260 g/mol. The zero-order chi connectivity index (χ0) is 14.7. The lowest BCUT2D eigenvalue weighted by Crippen LogP contribution is -2.50. The van der Waals surface area contributed by atoms with E-state index in [1.807, 2.05) is 0 Å². The van der Waals surface area contributed by atoms with E-state index in [1.54, 1.807) is 0 Å². The summed E-state index contributed by atoms with van der Waals surface area (Å²) < 4.78 is 0. The van der Waals surface area contributed by atoms with Crippen molar-refractivity contribution in [3.63, 3.8) is 0 Å². The van der Waals surface area contributed by atoms with Crippen LogP contribution in [-0.4, -0.2) is 54.5 Å². The van der Waals surface area contributed by atoms with Crippen molar-refractivity contribution in [3.8, 4) is 0 Å². The second-order valence-electron chi connectivity index (χ2n) is 6.22.